The predicted octanol–water partition coefficient (Wildman–Crippen LogP) is 13.2. The van der Waals surface area contributed by atoms with E-state index in [0.717, 1.165) is 60.0 Å². The van der Waals surface area contributed by atoms with Crippen molar-refractivity contribution in [2.45, 2.75) is 9.79 Å². The number of nitrogens with zero attached hydrogens (tertiary/aromatic N) is 4. The van der Waals surface area contributed by atoms with Crippen LogP contribution in [0, 0.1) is 0 Å². The Balaban J connectivity index is 1.03. The zero-order valence-electron chi connectivity index (χ0n) is 27.8. The van der Waals surface area contributed by atoms with Crippen LogP contribution in [0.1, 0.15) is 0 Å². The van der Waals surface area contributed by atoms with Crippen LogP contribution in [0.4, 0.5) is 17.1 Å². The molecule has 0 N–H and O–H groups in total. The first kappa shape index (κ1) is 29.5. The van der Waals surface area contributed by atoms with Crippen LogP contribution in [0.2, 0.25) is 0 Å². The number of aromatic nitrogens is 3. The highest BCUT2D eigenvalue weighted by Gasteiger charge is 2.25. The first-order valence-electron chi connectivity index (χ1n) is 17.3. The lowest BCUT2D eigenvalue weighted by atomic mass is 10.1. The Morgan fingerprint density at radius 1 is 0.423 bits per heavy atom. The molecule has 6 heteroatoms. The topological polar surface area (TPSA) is 34.0 Å². The van der Waals surface area contributed by atoms with Gasteiger partial charge in [-0.05, 0) is 84.9 Å². The summed E-state index contributed by atoms with van der Waals surface area (Å²) in [5, 5.41) is 2.48. The van der Waals surface area contributed by atoms with E-state index in [0.29, 0.717) is 0 Å². The lowest BCUT2D eigenvalue weighted by molar-refractivity contribution is 1.16. The van der Waals surface area contributed by atoms with Crippen molar-refractivity contribution in [1.82, 2.24) is 14.5 Å². The van der Waals surface area contributed by atoms with Crippen LogP contribution in [0.25, 0.3) is 70.4 Å². The van der Waals surface area contributed by atoms with Crippen LogP contribution < -0.4 is 4.90 Å². The molecule has 6 aromatic carbocycles. The number of thiophene rings is 1. The van der Waals surface area contributed by atoms with E-state index in [1.54, 1.807) is 11.3 Å². The molecule has 0 unspecified atom stereocenters. The van der Waals surface area contributed by atoms with Gasteiger partial charge >= 0.3 is 0 Å². The van der Waals surface area contributed by atoms with Gasteiger partial charge < -0.3 is 9.47 Å². The molecule has 0 radical (unpaired) electrons. The van der Waals surface area contributed by atoms with Crippen LogP contribution >= 0.6 is 23.1 Å². The Kier molecular flexibility index (Phi) is 6.62. The highest BCUT2D eigenvalue weighted by Crippen LogP contribution is 2.52. The molecule has 5 heterocycles. The second-order valence-corrected chi connectivity index (χ2v) is 15.2. The maximum atomic E-state index is 5.31. The number of fused-ring (bicyclic) bond motifs is 8. The van der Waals surface area contributed by atoms with Crippen molar-refractivity contribution in [1.29, 1.82) is 0 Å². The molecule has 4 nitrogen and oxygen atoms in total. The fourth-order valence-corrected chi connectivity index (χ4v) is 9.62. The van der Waals surface area contributed by atoms with Gasteiger partial charge in [0.1, 0.15) is 11.0 Å². The van der Waals surface area contributed by atoms with Gasteiger partial charge in [0.2, 0.25) is 0 Å². The third-order valence-electron chi connectivity index (χ3n) is 9.98. The van der Waals surface area contributed by atoms with Crippen molar-refractivity contribution in [2.75, 3.05) is 4.90 Å². The van der Waals surface area contributed by atoms with Gasteiger partial charge in [-0.3, -0.25) is 0 Å². The van der Waals surface area contributed by atoms with E-state index in [9.17, 15) is 0 Å². The Bertz CT molecular complexity index is 3000. The summed E-state index contributed by atoms with van der Waals surface area (Å²) >= 11 is 3.57. The molecule has 244 valence electrons. The molecule has 10 aromatic rings. The molecule has 0 fully saturated rings. The SMILES string of the molecule is c1ccc(N2c3ccccc3Sc3ccc(-c4ccc5sc6ccc(-c7ccc8c9ccccc9n(-c9ccccc9)c8c7)nc6c5n4)cc32)cc1. The molecule has 0 saturated carbocycles. The average Bonchev–Trinajstić information content (AvgIpc) is 3.75. The molecule has 0 amide bonds. The second-order valence-electron chi connectivity index (χ2n) is 13.0. The summed E-state index contributed by atoms with van der Waals surface area (Å²) in [7, 11) is 0. The molecule has 52 heavy (non-hydrogen) atoms. The minimum atomic E-state index is 0.938. The first-order valence-corrected chi connectivity index (χ1v) is 19.0. The van der Waals surface area contributed by atoms with E-state index in [1.165, 1.54) is 37.3 Å². The normalized spacial score (nSPS) is 12.5. The largest absolute Gasteiger partial charge is 0.309 e. The molecule has 0 bridgehead atoms. The Morgan fingerprint density at radius 3 is 1.79 bits per heavy atom. The highest BCUT2D eigenvalue weighted by atomic mass is 32.2. The van der Waals surface area contributed by atoms with Crippen molar-refractivity contribution in [2.24, 2.45) is 0 Å². The van der Waals surface area contributed by atoms with Gasteiger partial charge in [0.05, 0.1) is 43.2 Å². The summed E-state index contributed by atoms with van der Waals surface area (Å²) in [5.74, 6) is 0. The van der Waals surface area contributed by atoms with Gasteiger partial charge in [-0.25, -0.2) is 9.97 Å². The number of pyridine rings is 2. The van der Waals surface area contributed by atoms with Gasteiger partial charge in [0.15, 0.2) is 0 Å². The zero-order chi connectivity index (χ0) is 34.2. The Hall–Kier alpha value is -6.21. The summed E-state index contributed by atoms with van der Waals surface area (Å²) in [5.41, 5.74) is 12.9. The fraction of sp³-hybridized carbons (Fsp3) is 0. The maximum absolute atomic E-state index is 5.31. The molecule has 0 aliphatic carbocycles. The van der Waals surface area contributed by atoms with Gasteiger partial charge in [-0.2, -0.15) is 0 Å². The molecule has 0 spiro atoms. The minimum Gasteiger partial charge on any atom is -0.309 e. The molecular formula is C46H28N4S2. The van der Waals surface area contributed by atoms with E-state index >= 15 is 0 Å². The molecule has 0 saturated heterocycles. The molecule has 1 aliphatic rings. The summed E-state index contributed by atoms with van der Waals surface area (Å²) in [4.78, 5) is 15.5. The number of rotatable bonds is 4. The second kappa shape index (κ2) is 11.7. The van der Waals surface area contributed by atoms with Crippen molar-refractivity contribution in [3.05, 3.63) is 170 Å². The molecular weight excluding hydrogens is 673 g/mol. The monoisotopic (exact) mass is 700 g/mol. The Labute approximate surface area is 308 Å². The molecule has 1 aliphatic heterocycles. The Morgan fingerprint density at radius 2 is 1.02 bits per heavy atom. The molecule has 11 rings (SSSR count). The third-order valence-corrected chi connectivity index (χ3v) is 12.2. The molecule has 4 aromatic heterocycles. The van der Waals surface area contributed by atoms with E-state index in [1.807, 2.05) is 11.8 Å². The van der Waals surface area contributed by atoms with E-state index in [2.05, 4.69) is 179 Å². The number of para-hydroxylation sites is 4. The lowest BCUT2D eigenvalue weighted by Crippen LogP contribution is -2.14. The van der Waals surface area contributed by atoms with Crippen LogP contribution in [0.3, 0.4) is 0 Å². The third kappa shape index (κ3) is 4.62. The summed E-state index contributed by atoms with van der Waals surface area (Å²) in [6, 6.07) is 60.6. The summed E-state index contributed by atoms with van der Waals surface area (Å²) < 4.78 is 4.63. The first-order chi connectivity index (χ1) is 25.8. The summed E-state index contributed by atoms with van der Waals surface area (Å²) in [6.07, 6.45) is 0. The number of hydrogen-bond acceptors (Lipinski definition) is 5. The van der Waals surface area contributed by atoms with Crippen LogP contribution in [0.15, 0.2) is 180 Å². The standard InChI is InChI=1S/C46H28N4S2/c1-3-11-31(12-4-1)49-37-16-8-7-15-33(37)34-21-19-29(27-39(34)49)35-22-25-43-45(47-35)46-44(52-43)26-23-36(48-46)30-20-24-42-40(28-30)50(32-13-5-2-6-14-32)38-17-9-10-18-41(38)51-42/h1-28H. The average molecular weight is 701 g/mol. The number of anilines is 3. The smallest absolute Gasteiger partial charge is 0.108 e. The zero-order valence-corrected chi connectivity index (χ0v) is 29.4. The fourth-order valence-electron chi connectivity index (χ4n) is 7.59. The van der Waals surface area contributed by atoms with Gasteiger partial charge in [0.25, 0.3) is 0 Å². The quantitative estimate of drug-likeness (QED) is 0.183. The predicted molar refractivity (Wildman–Crippen MR) is 219 cm³/mol. The minimum absolute atomic E-state index is 0.938. The van der Waals surface area contributed by atoms with Gasteiger partial charge in [-0.15, -0.1) is 11.3 Å². The van der Waals surface area contributed by atoms with Crippen molar-refractivity contribution >= 4 is 82.4 Å². The number of benzene rings is 6. The highest BCUT2D eigenvalue weighted by molar-refractivity contribution is 7.99. The van der Waals surface area contributed by atoms with Gasteiger partial charge in [-0.1, -0.05) is 96.7 Å². The van der Waals surface area contributed by atoms with E-state index < -0.39 is 0 Å². The molecule has 0 atom stereocenters. The van der Waals surface area contributed by atoms with Crippen molar-refractivity contribution < 1.29 is 0 Å². The van der Waals surface area contributed by atoms with E-state index in [-0.39, 0.29) is 0 Å². The van der Waals surface area contributed by atoms with Crippen LogP contribution in [-0.4, -0.2) is 14.5 Å². The van der Waals surface area contributed by atoms with Gasteiger partial charge in [0, 0.05) is 43.1 Å². The number of hydrogen-bond donors (Lipinski definition) is 0. The van der Waals surface area contributed by atoms with Crippen LogP contribution in [0.5, 0.6) is 0 Å². The van der Waals surface area contributed by atoms with Crippen LogP contribution in [-0.2, 0) is 0 Å². The van der Waals surface area contributed by atoms with E-state index in [4.69, 9.17) is 9.97 Å². The lowest BCUT2D eigenvalue weighted by Gasteiger charge is -2.33. The van der Waals surface area contributed by atoms with Crippen molar-refractivity contribution in [3.63, 3.8) is 0 Å². The summed E-state index contributed by atoms with van der Waals surface area (Å²) in [6.45, 7) is 0. The maximum Gasteiger partial charge on any atom is 0.108 e. The van der Waals surface area contributed by atoms with Crippen molar-refractivity contribution in [3.8, 4) is 28.2 Å².